The first-order valence-electron chi connectivity index (χ1n) is 14.4. The van der Waals surface area contributed by atoms with E-state index in [4.69, 9.17) is 21.1 Å². The summed E-state index contributed by atoms with van der Waals surface area (Å²) < 4.78 is 37.6. The number of hydrogen-bond acceptors (Lipinski definition) is 8. The molecule has 1 aromatic carbocycles. The quantitative estimate of drug-likeness (QED) is 0.376. The summed E-state index contributed by atoms with van der Waals surface area (Å²) in [5.74, 6) is 2.09. The maximum atomic E-state index is 16.7. The van der Waals surface area contributed by atoms with E-state index < -0.39 is 17.2 Å². The molecule has 4 aliphatic heterocycles. The fourth-order valence-electron chi connectivity index (χ4n) is 7.32. The molecule has 8 rings (SSSR count). The van der Waals surface area contributed by atoms with E-state index in [-0.39, 0.29) is 40.1 Å². The molecule has 4 atom stereocenters. The average molecular weight is 570 g/mol. The number of rotatable bonds is 3. The molecule has 0 spiro atoms. The molecule has 0 aliphatic carbocycles. The smallest absolute Gasteiger partial charge is 0.249 e. The zero-order valence-electron chi connectivity index (χ0n) is 23.1. The van der Waals surface area contributed by atoms with Gasteiger partial charge in [-0.3, -0.25) is 14.7 Å². The minimum atomic E-state index is -0.721. The number of aromatic amines is 1. The van der Waals surface area contributed by atoms with Crippen molar-refractivity contribution in [3.05, 3.63) is 51.9 Å². The topological polar surface area (TPSA) is 90.5 Å². The lowest BCUT2D eigenvalue weighted by molar-refractivity contribution is 0.0303. The molecule has 2 unspecified atom stereocenters. The molecule has 4 fully saturated rings. The van der Waals surface area contributed by atoms with Crippen molar-refractivity contribution in [2.75, 3.05) is 43.0 Å². The van der Waals surface area contributed by atoms with Crippen LogP contribution in [0.15, 0.2) is 29.2 Å². The second-order valence-electron chi connectivity index (χ2n) is 11.9. The number of ether oxygens (including phenoxy) is 1. The van der Waals surface area contributed by atoms with Crippen molar-refractivity contribution in [2.24, 2.45) is 0 Å². The Morgan fingerprint density at radius 1 is 1.02 bits per heavy atom. The predicted molar refractivity (Wildman–Crippen MR) is 156 cm³/mol. The zero-order valence-corrected chi connectivity index (χ0v) is 23.1. The predicted octanol–water partition coefficient (Wildman–Crippen LogP) is 3.44. The lowest BCUT2D eigenvalue weighted by Gasteiger charge is -2.39. The highest BCUT2D eigenvalue weighted by Crippen LogP contribution is 2.38. The van der Waals surface area contributed by atoms with Crippen LogP contribution in [0.4, 0.5) is 20.5 Å². The van der Waals surface area contributed by atoms with Gasteiger partial charge in [0.25, 0.3) is 0 Å². The molecule has 3 aromatic heterocycles. The summed E-state index contributed by atoms with van der Waals surface area (Å²) in [5.41, 5.74) is -0.576. The first-order valence-corrected chi connectivity index (χ1v) is 14.4. The Morgan fingerprint density at radius 2 is 1.76 bits per heavy atom. The number of benzene rings is 1. The van der Waals surface area contributed by atoms with Gasteiger partial charge in [-0.25, -0.2) is 13.8 Å². The number of pyridine rings is 2. The number of aromatic nitrogens is 4. The van der Waals surface area contributed by atoms with Crippen LogP contribution in [0, 0.1) is 24.0 Å². The van der Waals surface area contributed by atoms with Gasteiger partial charge in [-0.2, -0.15) is 4.98 Å². The molecule has 7 heterocycles. The molecule has 4 bridgehead atoms. The van der Waals surface area contributed by atoms with E-state index in [2.05, 4.69) is 37.6 Å². The van der Waals surface area contributed by atoms with Gasteiger partial charge in [0, 0.05) is 55.9 Å². The summed E-state index contributed by atoms with van der Waals surface area (Å²) in [5, 5.41) is 1.09. The van der Waals surface area contributed by atoms with Crippen LogP contribution in [0.25, 0.3) is 33.1 Å². The third-order valence-electron chi connectivity index (χ3n) is 9.48. The van der Waals surface area contributed by atoms with Crippen LogP contribution in [-0.2, 0) is 4.74 Å². The number of piperazine rings is 1. The second-order valence-corrected chi connectivity index (χ2v) is 11.9. The van der Waals surface area contributed by atoms with Crippen molar-refractivity contribution in [3.8, 4) is 23.7 Å². The average Bonchev–Trinajstić information content (AvgIpc) is 3.40. The number of terminal acetylenes is 1. The van der Waals surface area contributed by atoms with Gasteiger partial charge in [0.15, 0.2) is 5.82 Å². The molecular weight excluding hydrogens is 540 g/mol. The zero-order chi connectivity index (χ0) is 28.7. The van der Waals surface area contributed by atoms with Crippen LogP contribution in [0.2, 0.25) is 0 Å². The molecule has 1 N–H and O–H groups in total. The monoisotopic (exact) mass is 569 g/mol. The van der Waals surface area contributed by atoms with Gasteiger partial charge in [0.1, 0.15) is 22.8 Å². The van der Waals surface area contributed by atoms with Gasteiger partial charge in [-0.15, -0.1) is 6.42 Å². The van der Waals surface area contributed by atoms with E-state index in [1.165, 1.54) is 18.2 Å². The Morgan fingerprint density at radius 3 is 2.48 bits per heavy atom. The van der Waals surface area contributed by atoms with E-state index in [0.717, 1.165) is 38.8 Å². The van der Waals surface area contributed by atoms with Crippen molar-refractivity contribution >= 4 is 33.4 Å². The van der Waals surface area contributed by atoms with E-state index in [1.54, 1.807) is 6.20 Å². The largest absolute Gasteiger partial charge is 0.371 e. The van der Waals surface area contributed by atoms with Gasteiger partial charge in [-0.05, 0) is 44.2 Å². The van der Waals surface area contributed by atoms with Gasteiger partial charge in [0.2, 0.25) is 11.5 Å². The second kappa shape index (κ2) is 9.44. The van der Waals surface area contributed by atoms with Crippen LogP contribution >= 0.6 is 0 Å². The Kier molecular flexibility index (Phi) is 5.75. The maximum absolute atomic E-state index is 16.7. The van der Waals surface area contributed by atoms with Gasteiger partial charge in [0.05, 0.1) is 28.9 Å². The van der Waals surface area contributed by atoms with Crippen molar-refractivity contribution < 1.29 is 13.5 Å². The molecular formula is C31H29F2N7O2. The standard InChI is InChI=1S/C31H29F2N7O2/c1-3-21-23(32)9-4-16-10-24(41)35-28(25(16)21)29-26(33)27-22(11-34-29)30(39-14-19-7-8-20(15-39)42-19)37-31(36-27)40-12-17-5-6-18(13-40)38(17)2/h1,4,9-11,17-20H,5-8,12-15H2,2H3,(H,35,41)/t17?,18?,19-,20+. The highest BCUT2D eigenvalue weighted by molar-refractivity contribution is 6.00. The molecule has 214 valence electrons. The number of nitrogens with zero attached hydrogens (tertiary/aromatic N) is 6. The molecule has 4 aliphatic rings. The lowest BCUT2D eigenvalue weighted by Crippen LogP contribution is -2.52. The highest BCUT2D eigenvalue weighted by Gasteiger charge is 2.40. The van der Waals surface area contributed by atoms with E-state index in [9.17, 15) is 9.18 Å². The molecule has 11 heteroatoms. The summed E-state index contributed by atoms with van der Waals surface area (Å²) >= 11 is 0. The third kappa shape index (κ3) is 3.89. The van der Waals surface area contributed by atoms with Crippen molar-refractivity contribution in [1.29, 1.82) is 0 Å². The summed E-state index contributed by atoms with van der Waals surface area (Å²) in [6.45, 7) is 2.82. The SMILES string of the molecule is C#Cc1c(F)ccc2cc(=O)[nH]c(-c3ncc4c(N5C[C@H]6CC[C@@H](C5)O6)nc(N5CC6CCC(C5)N6C)nc4c3F)c12. The first kappa shape index (κ1) is 25.6. The number of likely N-dealkylation sites (N-methyl/N-ethyl adjacent to an activating group) is 1. The first-order chi connectivity index (χ1) is 20.4. The van der Waals surface area contributed by atoms with Crippen LogP contribution in [0.1, 0.15) is 31.2 Å². The van der Waals surface area contributed by atoms with Crippen molar-refractivity contribution in [1.82, 2.24) is 24.8 Å². The third-order valence-corrected chi connectivity index (χ3v) is 9.48. The van der Waals surface area contributed by atoms with Crippen LogP contribution in [0.3, 0.4) is 0 Å². The number of fused-ring (bicyclic) bond motifs is 6. The number of morpholine rings is 1. The molecule has 0 amide bonds. The highest BCUT2D eigenvalue weighted by atomic mass is 19.1. The van der Waals surface area contributed by atoms with Gasteiger partial charge < -0.3 is 19.5 Å². The van der Waals surface area contributed by atoms with Crippen LogP contribution in [-0.4, -0.2) is 82.4 Å². The number of halogens is 2. The molecule has 4 aromatic rings. The van der Waals surface area contributed by atoms with Crippen molar-refractivity contribution in [3.63, 3.8) is 0 Å². The summed E-state index contributed by atoms with van der Waals surface area (Å²) in [6, 6.07) is 4.75. The van der Waals surface area contributed by atoms with Crippen molar-refractivity contribution in [2.45, 2.75) is 50.0 Å². The van der Waals surface area contributed by atoms with Crippen LogP contribution in [0.5, 0.6) is 0 Å². The summed E-state index contributed by atoms with van der Waals surface area (Å²) in [7, 11) is 2.16. The summed E-state index contributed by atoms with van der Waals surface area (Å²) in [6.07, 6.45) is 11.6. The number of nitrogens with one attached hydrogen (secondary N) is 1. The summed E-state index contributed by atoms with van der Waals surface area (Å²) in [4.78, 5) is 36.3. The minimum absolute atomic E-state index is 0.0214. The van der Waals surface area contributed by atoms with E-state index >= 15 is 4.39 Å². The van der Waals surface area contributed by atoms with Gasteiger partial charge in [-0.1, -0.05) is 12.0 Å². The molecule has 0 saturated carbocycles. The lowest BCUT2D eigenvalue weighted by atomic mass is 10.0. The Balaban J connectivity index is 1.34. The Labute approximate surface area is 240 Å². The number of anilines is 2. The molecule has 42 heavy (non-hydrogen) atoms. The minimum Gasteiger partial charge on any atom is -0.371 e. The Bertz CT molecular complexity index is 1840. The Hall–Kier alpha value is -4.14. The number of hydrogen-bond donors (Lipinski definition) is 1. The van der Waals surface area contributed by atoms with Crippen LogP contribution < -0.4 is 15.4 Å². The fraction of sp³-hybridized carbons (Fsp3) is 0.419. The molecule has 0 radical (unpaired) electrons. The molecule has 9 nitrogen and oxygen atoms in total. The van der Waals surface area contributed by atoms with Gasteiger partial charge >= 0.3 is 0 Å². The molecule has 4 saturated heterocycles. The maximum Gasteiger partial charge on any atom is 0.249 e. The normalized spacial score (nSPS) is 25.5. The fourth-order valence-corrected chi connectivity index (χ4v) is 7.32. The van der Waals surface area contributed by atoms with E-state index in [1.807, 2.05) is 0 Å². The van der Waals surface area contributed by atoms with E-state index in [0.29, 0.717) is 47.7 Å². The number of H-pyrrole nitrogens is 1.